The van der Waals surface area contributed by atoms with E-state index in [1.54, 1.807) is 12.1 Å². The summed E-state index contributed by atoms with van der Waals surface area (Å²) in [7, 11) is 0. The number of anilines is 1. The van der Waals surface area contributed by atoms with Crippen LogP contribution in [0.3, 0.4) is 0 Å². The molecule has 120 valence electrons. The monoisotopic (exact) mass is 345 g/mol. The number of nitrogens with zero attached hydrogens (tertiary/aromatic N) is 4. The maximum Gasteiger partial charge on any atom is 0.247 e. The lowest BCUT2D eigenvalue weighted by molar-refractivity contribution is -0.116. The van der Waals surface area contributed by atoms with Crippen LogP contribution in [0.15, 0.2) is 36.4 Å². The lowest BCUT2D eigenvalue weighted by Crippen LogP contribution is -2.19. The first kappa shape index (κ1) is 14.6. The summed E-state index contributed by atoms with van der Waals surface area (Å²) in [6.45, 7) is -0.0622. The van der Waals surface area contributed by atoms with E-state index in [0.29, 0.717) is 10.2 Å². The number of amides is 1. The molecule has 0 atom stereocenters. The van der Waals surface area contributed by atoms with Gasteiger partial charge >= 0.3 is 0 Å². The van der Waals surface area contributed by atoms with Crippen LogP contribution in [0.1, 0.15) is 0 Å². The highest BCUT2D eigenvalue weighted by Gasteiger charge is 2.14. The van der Waals surface area contributed by atoms with E-state index in [0.717, 1.165) is 22.9 Å². The van der Waals surface area contributed by atoms with Gasteiger partial charge in [-0.3, -0.25) is 4.79 Å². The molecule has 4 aromatic rings. The number of halogens is 2. The van der Waals surface area contributed by atoms with Crippen LogP contribution in [0.5, 0.6) is 0 Å². The van der Waals surface area contributed by atoms with Gasteiger partial charge in [-0.25, -0.2) is 18.4 Å². The Morgan fingerprint density at radius 1 is 1.25 bits per heavy atom. The quantitative estimate of drug-likeness (QED) is 0.620. The van der Waals surface area contributed by atoms with Crippen molar-refractivity contribution in [1.82, 2.24) is 20.0 Å². The minimum Gasteiger partial charge on any atom is -0.300 e. The van der Waals surface area contributed by atoms with Crippen molar-refractivity contribution in [2.75, 3.05) is 5.32 Å². The van der Waals surface area contributed by atoms with Crippen LogP contribution in [0.25, 0.3) is 21.3 Å². The Balaban J connectivity index is 1.57. The van der Waals surface area contributed by atoms with Crippen LogP contribution in [0.4, 0.5) is 13.9 Å². The summed E-state index contributed by atoms with van der Waals surface area (Å²) in [5.74, 6) is -1.83. The molecule has 0 spiro atoms. The summed E-state index contributed by atoms with van der Waals surface area (Å²) in [4.78, 5) is 16.1. The summed E-state index contributed by atoms with van der Waals surface area (Å²) in [6.07, 6.45) is 0. The average molecular weight is 345 g/mol. The van der Waals surface area contributed by atoms with E-state index < -0.39 is 11.6 Å². The van der Waals surface area contributed by atoms with E-state index in [1.165, 1.54) is 10.7 Å². The van der Waals surface area contributed by atoms with Crippen molar-refractivity contribution in [3.8, 4) is 0 Å². The molecular weight excluding hydrogens is 336 g/mol. The molecule has 0 aliphatic heterocycles. The van der Waals surface area contributed by atoms with Crippen LogP contribution in [0.2, 0.25) is 0 Å². The third-order valence-corrected chi connectivity index (χ3v) is 4.29. The maximum atomic E-state index is 13.6. The fraction of sp³-hybridized carbons (Fsp3) is 0.0667. The fourth-order valence-corrected chi connectivity index (χ4v) is 3.26. The molecule has 9 heteroatoms. The molecule has 2 aromatic carbocycles. The van der Waals surface area contributed by atoms with Gasteiger partial charge in [-0.1, -0.05) is 28.7 Å². The summed E-state index contributed by atoms with van der Waals surface area (Å²) in [5.41, 5.74) is 1.44. The van der Waals surface area contributed by atoms with Gasteiger partial charge in [-0.15, -0.1) is 5.10 Å². The number of benzene rings is 2. The number of thiazole rings is 1. The standard InChI is InChI=1S/C15H9F2N5OS/c16-8-5-9(17)14-12(6-8)24-15(19-14)18-13(23)7-22-11-4-2-1-3-10(11)20-21-22/h1-6H,7H2,(H,18,19,23). The number of carbonyl (C=O) groups is 1. The van der Waals surface area contributed by atoms with Crippen molar-refractivity contribution in [2.45, 2.75) is 6.54 Å². The van der Waals surface area contributed by atoms with Crippen LogP contribution in [-0.2, 0) is 11.3 Å². The van der Waals surface area contributed by atoms with Crippen LogP contribution >= 0.6 is 11.3 Å². The number of hydrogen-bond donors (Lipinski definition) is 1. The van der Waals surface area contributed by atoms with Gasteiger partial charge in [0, 0.05) is 6.07 Å². The smallest absolute Gasteiger partial charge is 0.247 e. The Bertz CT molecular complexity index is 1070. The first-order chi connectivity index (χ1) is 11.6. The molecular formula is C15H9F2N5OS. The number of para-hydroxylation sites is 1. The number of carbonyl (C=O) groups excluding carboxylic acids is 1. The maximum absolute atomic E-state index is 13.6. The van der Waals surface area contributed by atoms with Gasteiger partial charge < -0.3 is 5.32 Å². The van der Waals surface area contributed by atoms with E-state index in [9.17, 15) is 13.6 Å². The highest BCUT2D eigenvalue weighted by molar-refractivity contribution is 7.22. The van der Waals surface area contributed by atoms with E-state index in [1.807, 2.05) is 12.1 Å². The van der Waals surface area contributed by atoms with Gasteiger partial charge in [0.05, 0.1) is 10.2 Å². The molecule has 0 radical (unpaired) electrons. The molecule has 1 N–H and O–H groups in total. The summed E-state index contributed by atoms with van der Waals surface area (Å²) >= 11 is 1.00. The Morgan fingerprint density at radius 3 is 2.96 bits per heavy atom. The molecule has 0 unspecified atom stereocenters. The first-order valence-corrected chi connectivity index (χ1v) is 7.75. The van der Waals surface area contributed by atoms with Gasteiger partial charge in [-0.05, 0) is 18.2 Å². The molecule has 4 rings (SSSR count). The Hall–Kier alpha value is -2.94. The van der Waals surface area contributed by atoms with Crippen molar-refractivity contribution in [3.63, 3.8) is 0 Å². The zero-order valence-corrected chi connectivity index (χ0v) is 12.8. The van der Waals surface area contributed by atoms with E-state index in [2.05, 4.69) is 20.6 Å². The minimum absolute atomic E-state index is 0.0305. The molecule has 2 heterocycles. The van der Waals surface area contributed by atoms with Gasteiger partial charge in [0.25, 0.3) is 0 Å². The second-order valence-electron chi connectivity index (χ2n) is 5.04. The van der Waals surface area contributed by atoms with E-state index in [-0.39, 0.29) is 23.1 Å². The lowest BCUT2D eigenvalue weighted by Gasteiger charge is -2.02. The number of fused-ring (bicyclic) bond motifs is 2. The van der Waals surface area contributed by atoms with Crippen molar-refractivity contribution < 1.29 is 13.6 Å². The van der Waals surface area contributed by atoms with E-state index >= 15 is 0 Å². The lowest BCUT2D eigenvalue weighted by atomic mass is 10.3. The third-order valence-electron chi connectivity index (χ3n) is 3.37. The molecule has 0 saturated carbocycles. The molecule has 0 fully saturated rings. The fourth-order valence-electron chi connectivity index (χ4n) is 2.34. The van der Waals surface area contributed by atoms with Crippen LogP contribution < -0.4 is 5.32 Å². The highest BCUT2D eigenvalue weighted by Crippen LogP contribution is 2.28. The average Bonchev–Trinajstić information content (AvgIpc) is 3.12. The SMILES string of the molecule is O=C(Cn1nnc2ccccc21)Nc1nc2c(F)cc(F)cc2s1. The molecule has 24 heavy (non-hydrogen) atoms. The summed E-state index contributed by atoms with van der Waals surface area (Å²) in [6, 6.07) is 9.19. The Morgan fingerprint density at radius 2 is 2.08 bits per heavy atom. The Kier molecular flexibility index (Phi) is 3.42. The molecule has 0 aliphatic carbocycles. The second kappa shape index (κ2) is 5.60. The molecule has 6 nitrogen and oxygen atoms in total. The first-order valence-electron chi connectivity index (χ1n) is 6.94. The number of hydrogen-bond acceptors (Lipinski definition) is 5. The van der Waals surface area contributed by atoms with Crippen LogP contribution in [0, 0.1) is 11.6 Å². The third kappa shape index (κ3) is 2.58. The predicted octanol–water partition coefficient (Wildman–Crippen LogP) is 2.96. The topological polar surface area (TPSA) is 72.7 Å². The van der Waals surface area contributed by atoms with Gasteiger partial charge in [0.1, 0.15) is 23.4 Å². The number of aromatic nitrogens is 4. The summed E-state index contributed by atoms with van der Waals surface area (Å²) < 4.78 is 28.6. The zero-order chi connectivity index (χ0) is 16.7. The van der Waals surface area contributed by atoms with Crippen molar-refractivity contribution in [2.24, 2.45) is 0 Å². The largest absolute Gasteiger partial charge is 0.300 e. The van der Waals surface area contributed by atoms with Gasteiger partial charge in [-0.2, -0.15) is 0 Å². The normalized spacial score (nSPS) is 11.2. The van der Waals surface area contributed by atoms with Crippen molar-refractivity contribution in [3.05, 3.63) is 48.0 Å². The van der Waals surface area contributed by atoms with Crippen molar-refractivity contribution in [1.29, 1.82) is 0 Å². The molecule has 0 bridgehead atoms. The second-order valence-corrected chi connectivity index (χ2v) is 6.07. The molecule has 1 amide bonds. The van der Waals surface area contributed by atoms with Gasteiger partial charge in [0.2, 0.25) is 5.91 Å². The predicted molar refractivity (Wildman–Crippen MR) is 85.7 cm³/mol. The number of rotatable bonds is 3. The Labute approximate surface area is 137 Å². The van der Waals surface area contributed by atoms with Crippen molar-refractivity contribution >= 4 is 43.6 Å². The minimum atomic E-state index is -0.760. The summed E-state index contributed by atoms with van der Waals surface area (Å²) in [5, 5.41) is 10.7. The van der Waals surface area contributed by atoms with E-state index in [4.69, 9.17) is 0 Å². The molecule has 0 saturated heterocycles. The zero-order valence-electron chi connectivity index (χ0n) is 12.0. The van der Waals surface area contributed by atoms with Gasteiger partial charge in [0.15, 0.2) is 10.9 Å². The highest BCUT2D eigenvalue weighted by atomic mass is 32.1. The molecule has 2 aromatic heterocycles. The number of nitrogens with one attached hydrogen (secondary N) is 1. The van der Waals surface area contributed by atoms with Crippen LogP contribution in [-0.4, -0.2) is 25.9 Å². The molecule has 0 aliphatic rings.